The summed E-state index contributed by atoms with van der Waals surface area (Å²) in [6, 6.07) is 8.28. The topological polar surface area (TPSA) is 93.5 Å². The molecule has 0 amide bonds. The van der Waals surface area contributed by atoms with Crippen molar-refractivity contribution < 1.29 is 0 Å². The summed E-state index contributed by atoms with van der Waals surface area (Å²) in [6.07, 6.45) is 1.60. The number of anilines is 2. The van der Waals surface area contributed by atoms with Crippen molar-refractivity contribution in [2.75, 3.05) is 23.3 Å². The molecular weight excluding hydrogens is 278 g/mol. The molecule has 0 saturated heterocycles. The Bertz CT molecular complexity index is 678. The van der Waals surface area contributed by atoms with Crippen LogP contribution in [0, 0.1) is 18.3 Å². The van der Waals surface area contributed by atoms with E-state index in [-0.39, 0.29) is 5.82 Å². The van der Waals surface area contributed by atoms with Crippen molar-refractivity contribution in [2.24, 2.45) is 0 Å². The van der Waals surface area contributed by atoms with Crippen molar-refractivity contribution in [3.8, 4) is 6.07 Å². The van der Waals surface area contributed by atoms with Gasteiger partial charge >= 0.3 is 0 Å². The van der Waals surface area contributed by atoms with Crippen molar-refractivity contribution in [2.45, 2.75) is 20.8 Å². The van der Waals surface area contributed by atoms with Gasteiger partial charge in [0.05, 0.1) is 11.4 Å². The first-order valence-electron chi connectivity index (χ1n) is 7.15. The minimum absolute atomic E-state index is 0.270. The number of hydrogen-bond donors (Lipinski definition) is 2. The summed E-state index contributed by atoms with van der Waals surface area (Å²) in [7, 11) is 0. The lowest BCUT2D eigenvalue weighted by Crippen LogP contribution is -2.22. The van der Waals surface area contributed by atoms with Crippen molar-refractivity contribution in [3.63, 3.8) is 0 Å². The second-order valence-corrected chi connectivity index (χ2v) is 4.74. The van der Waals surface area contributed by atoms with Gasteiger partial charge in [0, 0.05) is 19.3 Å². The molecule has 0 aliphatic carbocycles. The molecule has 1 aromatic heterocycles. The molecule has 2 rings (SSSR count). The average Bonchev–Trinajstić information content (AvgIpc) is 3.05. The molecule has 7 heteroatoms. The van der Waals surface area contributed by atoms with E-state index in [0.717, 1.165) is 30.0 Å². The number of nitrogens with one attached hydrogen (secondary N) is 2. The fourth-order valence-electron chi connectivity index (χ4n) is 2.18. The Labute approximate surface area is 129 Å². The van der Waals surface area contributed by atoms with E-state index >= 15 is 0 Å². The number of hydrogen-bond acceptors (Lipinski definition) is 6. The lowest BCUT2D eigenvalue weighted by Gasteiger charge is -2.24. The van der Waals surface area contributed by atoms with Gasteiger partial charge in [0.2, 0.25) is 5.82 Å². The molecule has 0 bridgehead atoms. The lowest BCUT2D eigenvalue weighted by molar-refractivity contribution is 0.867. The predicted molar refractivity (Wildman–Crippen MR) is 86.1 cm³/mol. The quantitative estimate of drug-likeness (QED) is 0.795. The van der Waals surface area contributed by atoms with Gasteiger partial charge in [-0.05, 0) is 43.7 Å². The van der Waals surface area contributed by atoms with Gasteiger partial charge < -0.3 is 10.2 Å². The number of H-pyrrole nitrogens is 1. The number of benzene rings is 1. The van der Waals surface area contributed by atoms with Crippen LogP contribution >= 0.6 is 0 Å². The zero-order valence-corrected chi connectivity index (χ0v) is 13.0. The Hall–Kier alpha value is -2.88. The highest BCUT2D eigenvalue weighted by Crippen LogP contribution is 2.27. The first kappa shape index (κ1) is 15.5. The largest absolute Gasteiger partial charge is 0.370 e. The molecule has 0 saturated carbocycles. The fourth-order valence-corrected chi connectivity index (χ4v) is 2.18. The summed E-state index contributed by atoms with van der Waals surface area (Å²) in [6.45, 7) is 8.08. The molecule has 114 valence electrons. The third-order valence-corrected chi connectivity index (χ3v) is 3.33. The summed E-state index contributed by atoms with van der Waals surface area (Å²) < 4.78 is 0. The maximum atomic E-state index is 9.21. The maximum Gasteiger partial charge on any atom is 0.216 e. The Kier molecular flexibility index (Phi) is 5.09. The summed E-state index contributed by atoms with van der Waals surface area (Å²) in [5, 5.41) is 25.9. The highest BCUT2D eigenvalue weighted by molar-refractivity contribution is 5.78. The summed E-state index contributed by atoms with van der Waals surface area (Å²) >= 11 is 0. The third-order valence-electron chi connectivity index (χ3n) is 3.33. The number of nitriles is 1. The minimum atomic E-state index is 0.270. The summed E-state index contributed by atoms with van der Waals surface area (Å²) in [5.41, 5.74) is 3.50. The molecule has 2 aromatic rings. The molecule has 0 atom stereocenters. The molecular formula is C15H19N7. The van der Waals surface area contributed by atoms with Gasteiger partial charge in [0.15, 0.2) is 0 Å². The van der Waals surface area contributed by atoms with E-state index in [9.17, 15) is 5.26 Å². The van der Waals surface area contributed by atoms with Gasteiger partial charge in [-0.1, -0.05) is 6.07 Å². The molecule has 0 radical (unpaired) electrons. The number of rotatable bonds is 6. The number of aromatic amines is 1. The van der Waals surface area contributed by atoms with Crippen LogP contribution in [-0.2, 0) is 0 Å². The molecule has 0 spiro atoms. The third kappa shape index (κ3) is 3.41. The molecule has 1 heterocycles. The highest BCUT2D eigenvalue weighted by atomic mass is 15.5. The zero-order valence-electron chi connectivity index (χ0n) is 13.0. The molecule has 22 heavy (non-hydrogen) atoms. The monoisotopic (exact) mass is 297 g/mol. The van der Waals surface area contributed by atoms with Crippen LogP contribution in [0.3, 0.4) is 0 Å². The zero-order chi connectivity index (χ0) is 15.9. The van der Waals surface area contributed by atoms with Crippen molar-refractivity contribution in [3.05, 3.63) is 35.8 Å². The number of tetrazole rings is 1. The summed E-state index contributed by atoms with van der Waals surface area (Å²) in [4.78, 5) is 2.25. The summed E-state index contributed by atoms with van der Waals surface area (Å²) in [5.74, 6) is 0.270. The first-order chi connectivity index (χ1) is 10.7. The van der Waals surface area contributed by atoms with Gasteiger partial charge in [-0.3, -0.25) is 0 Å². The fraction of sp³-hybridized carbons (Fsp3) is 0.333. The second-order valence-electron chi connectivity index (χ2n) is 4.74. The van der Waals surface area contributed by atoms with Crippen LogP contribution in [0.4, 0.5) is 11.4 Å². The van der Waals surface area contributed by atoms with Gasteiger partial charge in [-0.15, -0.1) is 10.2 Å². The normalized spacial score (nSPS) is 11.1. The van der Waals surface area contributed by atoms with Crippen LogP contribution < -0.4 is 10.2 Å². The number of nitrogens with zero attached hydrogens (tertiary/aromatic N) is 5. The highest BCUT2D eigenvalue weighted by Gasteiger charge is 2.10. The standard InChI is InChI=1S/C15H19N7/c1-4-22(5-2)14-7-6-11(3)8-13(14)17-10-12(9-16)15-18-20-21-19-15/h6-8,10,17H,4-5H2,1-3H3,(H,18,19,20,21). The van der Waals surface area contributed by atoms with Crippen LogP contribution in [0.5, 0.6) is 0 Å². The number of allylic oxidation sites excluding steroid dienone is 1. The SMILES string of the molecule is CCN(CC)c1ccc(C)cc1NC=C(C#N)c1nn[nH]n1. The van der Waals surface area contributed by atoms with E-state index in [0.29, 0.717) is 5.57 Å². The van der Waals surface area contributed by atoms with Gasteiger partial charge in [0.25, 0.3) is 0 Å². The smallest absolute Gasteiger partial charge is 0.216 e. The van der Waals surface area contributed by atoms with Crippen LogP contribution in [0.25, 0.3) is 5.57 Å². The molecule has 1 aromatic carbocycles. The predicted octanol–water partition coefficient (Wildman–Crippen LogP) is 2.33. The molecule has 0 aliphatic rings. The first-order valence-corrected chi connectivity index (χ1v) is 7.15. The number of aromatic nitrogens is 4. The van der Waals surface area contributed by atoms with Crippen LogP contribution in [-0.4, -0.2) is 33.7 Å². The van der Waals surface area contributed by atoms with E-state index in [2.05, 4.69) is 69.0 Å². The Balaban J connectivity index is 2.32. The van der Waals surface area contributed by atoms with Crippen molar-refractivity contribution in [1.29, 1.82) is 5.26 Å². The van der Waals surface area contributed by atoms with E-state index < -0.39 is 0 Å². The molecule has 0 aliphatic heterocycles. The number of aryl methyl sites for hydroxylation is 1. The molecule has 0 fully saturated rings. The maximum absolute atomic E-state index is 9.21. The molecule has 2 N–H and O–H groups in total. The molecule has 7 nitrogen and oxygen atoms in total. The molecule has 0 unspecified atom stereocenters. The lowest BCUT2D eigenvalue weighted by atomic mass is 10.1. The Morgan fingerprint density at radius 3 is 2.77 bits per heavy atom. The van der Waals surface area contributed by atoms with Crippen LogP contribution in [0.15, 0.2) is 24.4 Å². The average molecular weight is 297 g/mol. The van der Waals surface area contributed by atoms with Crippen LogP contribution in [0.2, 0.25) is 0 Å². The Morgan fingerprint density at radius 2 is 2.18 bits per heavy atom. The van der Waals surface area contributed by atoms with Crippen molar-refractivity contribution >= 4 is 16.9 Å². The van der Waals surface area contributed by atoms with E-state index in [1.54, 1.807) is 6.20 Å². The van der Waals surface area contributed by atoms with Crippen LogP contribution in [0.1, 0.15) is 25.2 Å². The second kappa shape index (κ2) is 7.22. The minimum Gasteiger partial charge on any atom is -0.370 e. The Morgan fingerprint density at radius 1 is 1.41 bits per heavy atom. The van der Waals surface area contributed by atoms with Gasteiger partial charge in [-0.25, -0.2) is 0 Å². The van der Waals surface area contributed by atoms with E-state index in [1.807, 2.05) is 6.92 Å². The van der Waals surface area contributed by atoms with Crippen molar-refractivity contribution in [1.82, 2.24) is 20.6 Å². The van der Waals surface area contributed by atoms with E-state index in [4.69, 9.17) is 0 Å². The van der Waals surface area contributed by atoms with Gasteiger partial charge in [-0.2, -0.15) is 10.5 Å². The van der Waals surface area contributed by atoms with E-state index in [1.165, 1.54) is 0 Å². The van der Waals surface area contributed by atoms with Gasteiger partial charge in [0.1, 0.15) is 11.6 Å².